The minimum Gasteiger partial charge on any atom is -0.482 e. The molecule has 0 unspecified atom stereocenters. The molecule has 0 aliphatic rings. The summed E-state index contributed by atoms with van der Waals surface area (Å²) in [7, 11) is 0. The molecule has 0 heterocycles. The van der Waals surface area contributed by atoms with Crippen LogP contribution >= 0.6 is 15.9 Å². The topological polar surface area (TPSA) is 64.6 Å². The number of benzene rings is 2. The molecule has 2 rings (SSSR count). The molecule has 2 aromatic carbocycles. The van der Waals surface area contributed by atoms with Gasteiger partial charge in [-0.25, -0.2) is 4.79 Å². The fourth-order valence-electron chi connectivity index (χ4n) is 1.84. The molecule has 0 bridgehead atoms. The van der Waals surface area contributed by atoms with E-state index < -0.39 is 18.0 Å². The second-order valence-corrected chi connectivity index (χ2v) is 6.15. The fraction of sp³-hybridized carbons (Fsp3) is 0.222. The lowest BCUT2D eigenvalue weighted by molar-refractivity contribution is -0.155. The molecule has 0 radical (unpaired) electrons. The van der Waals surface area contributed by atoms with Crippen molar-refractivity contribution >= 4 is 33.5 Å². The first-order valence-corrected chi connectivity index (χ1v) is 8.19. The van der Waals surface area contributed by atoms with E-state index in [1.807, 2.05) is 19.1 Å². The zero-order valence-corrected chi connectivity index (χ0v) is 15.0. The molecule has 126 valence electrons. The zero-order chi connectivity index (χ0) is 17.5. The molecule has 0 aromatic heterocycles. The van der Waals surface area contributed by atoms with E-state index in [1.54, 1.807) is 36.4 Å². The first-order chi connectivity index (χ1) is 11.4. The molecule has 0 saturated heterocycles. The van der Waals surface area contributed by atoms with Crippen LogP contribution in [0, 0.1) is 6.92 Å². The number of hydrogen-bond donors (Lipinski definition) is 1. The Hall–Kier alpha value is -2.34. The fourth-order valence-corrected chi connectivity index (χ4v) is 2.10. The summed E-state index contributed by atoms with van der Waals surface area (Å²) in [6, 6.07) is 14.4. The van der Waals surface area contributed by atoms with Gasteiger partial charge in [-0.3, -0.25) is 4.79 Å². The van der Waals surface area contributed by atoms with Gasteiger partial charge in [-0.05, 0) is 50.2 Å². The van der Waals surface area contributed by atoms with Crippen molar-refractivity contribution < 1.29 is 19.1 Å². The van der Waals surface area contributed by atoms with Gasteiger partial charge in [0.15, 0.2) is 12.7 Å². The van der Waals surface area contributed by atoms with Crippen LogP contribution in [0.3, 0.4) is 0 Å². The van der Waals surface area contributed by atoms with Gasteiger partial charge in [0.25, 0.3) is 5.91 Å². The maximum Gasteiger partial charge on any atom is 0.344 e. The number of anilines is 1. The van der Waals surface area contributed by atoms with Gasteiger partial charge in [0.2, 0.25) is 0 Å². The van der Waals surface area contributed by atoms with Crippen LogP contribution in [0.2, 0.25) is 0 Å². The third-order valence-corrected chi connectivity index (χ3v) is 3.70. The Balaban J connectivity index is 1.78. The summed E-state index contributed by atoms with van der Waals surface area (Å²) in [5.74, 6) is -0.452. The molecule has 0 fully saturated rings. The maximum absolute atomic E-state index is 12.0. The van der Waals surface area contributed by atoms with Gasteiger partial charge in [-0.1, -0.05) is 33.6 Å². The lowest BCUT2D eigenvalue weighted by Crippen LogP contribution is -2.31. The van der Waals surface area contributed by atoms with Crippen molar-refractivity contribution in [3.63, 3.8) is 0 Å². The normalized spacial score (nSPS) is 11.5. The van der Waals surface area contributed by atoms with E-state index >= 15 is 0 Å². The molecule has 0 spiro atoms. The van der Waals surface area contributed by atoms with Crippen LogP contribution in [0.5, 0.6) is 5.75 Å². The molecule has 1 N–H and O–H groups in total. The molecule has 0 aliphatic heterocycles. The quantitative estimate of drug-likeness (QED) is 0.762. The number of nitrogens with one attached hydrogen (secondary N) is 1. The third-order valence-electron chi connectivity index (χ3n) is 3.17. The number of halogens is 1. The lowest BCUT2D eigenvalue weighted by atomic mass is 10.2. The summed E-state index contributed by atoms with van der Waals surface area (Å²) in [6.07, 6.45) is -0.910. The van der Waals surface area contributed by atoms with Gasteiger partial charge in [0.05, 0.1) is 0 Å². The van der Waals surface area contributed by atoms with Gasteiger partial charge < -0.3 is 14.8 Å². The third kappa shape index (κ3) is 5.70. The van der Waals surface area contributed by atoms with E-state index in [9.17, 15) is 9.59 Å². The summed E-state index contributed by atoms with van der Waals surface area (Å²) in [5.41, 5.74) is 1.75. The van der Waals surface area contributed by atoms with E-state index in [0.29, 0.717) is 11.4 Å². The Morgan fingerprint density at radius 1 is 1.08 bits per heavy atom. The predicted molar refractivity (Wildman–Crippen MR) is 95.0 cm³/mol. The Labute approximate surface area is 149 Å². The largest absolute Gasteiger partial charge is 0.482 e. The first kappa shape index (κ1) is 18.0. The van der Waals surface area contributed by atoms with Gasteiger partial charge >= 0.3 is 5.97 Å². The zero-order valence-electron chi connectivity index (χ0n) is 13.4. The minimum absolute atomic E-state index is 0.260. The van der Waals surface area contributed by atoms with Crippen LogP contribution in [0.1, 0.15) is 12.5 Å². The lowest BCUT2D eigenvalue weighted by Gasteiger charge is -2.14. The van der Waals surface area contributed by atoms with E-state index in [4.69, 9.17) is 9.47 Å². The highest BCUT2D eigenvalue weighted by Gasteiger charge is 2.18. The van der Waals surface area contributed by atoms with Crippen molar-refractivity contribution in [2.45, 2.75) is 20.0 Å². The Morgan fingerprint density at radius 2 is 1.71 bits per heavy atom. The van der Waals surface area contributed by atoms with Gasteiger partial charge in [0, 0.05) is 10.2 Å². The Kier molecular flexibility index (Phi) is 6.37. The van der Waals surface area contributed by atoms with E-state index in [1.165, 1.54) is 6.92 Å². The van der Waals surface area contributed by atoms with Crippen molar-refractivity contribution in [3.05, 3.63) is 58.6 Å². The summed E-state index contributed by atoms with van der Waals surface area (Å²) in [5, 5.41) is 2.69. The van der Waals surface area contributed by atoms with Gasteiger partial charge in [-0.2, -0.15) is 0 Å². The molecule has 1 amide bonds. The molecule has 1 atom stereocenters. The van der Waals surface area contributed by atoms with Crippen LogP contribution in [0.4, 0.5) is 5.69 Å². The van der Waals surface area contributed by atoms with Gasteiger partial charge in [0.1, 0.15) is 5.75 Å². The van der Waals surface area contributed by atoms with E-state index in [0.717, 1.165) is 10.0 Å². The van der Waals surface area contributed by atoms with Crippen LogP contribution in [0.15, 0.2) is 53.0 Å². The van der Waals surface area contributed by atoms with Crippen molar-refractivity contribution in [1.29, 1.82) is 0 Å². The summed E-state index contributed by atoms with van der Waals surface area (Å²) < 4.78 is 11.3. The first-order valence-electron chi connectivity index (χ1n) is 7.39. The number of ether oxygens (including phenoxy) is 2. The number of esters is 1. The number of carbonyl (C=O) groups excluding carboxylic acids is 2. The number of amides is 1. The molecule has 2 aromatic rings. The molecule has 6 heteroatoms. The summed E-state index contributed by atoms with van der Waals surface area (Å²) in [4.78, 5) is 23.8. The average molecular weight is 392 g/mol. The van der Waals surface area contributed by atoms with E-state index in [-0.39, 0.29) is 6.61 Å². The van der Waals surface area contributed by atoms with Crippen molar-refractivity contribution in [3.8, 4) is 5.75 Å². The smallest absolute Gasteiger partial charge is 0.344 e. The van der Waals surface area contributed by atoms with E-state index in [2.05, 4.69) is 21.2 Å². The van der Waals surface area contributed by atoms with Crippen LogP contribution < -0.4 is 10.1 Å². The molecular weight excluding hydrogens is 374 g/mol. The van der Waals surface area contributed by atoms with Crippen LogP contribution in [0.25, 0.3) is 0 Å². The summed E-state index contributed by atoms with van der Waals surface area (Å²) in [6.45, 7) is 3.21. The SMILES string of the molecule is Cc1ccc(NC(=O)[C@H](C)OC(=O)COc2ccc(Br)cc2)cc1. The predicted octanol–water partition coefficient (Wildman–Crippen LogP) is 3.71. The monoisotopic (exact) mass is 391 g/mol. The average Bonchev–Trinajstić information content (AvgIpc) is 2.56. The number of aryl methyl sites for hydroxylation is 1. The van der Waals surface area contributed by atoms with Gasteiger partial charge in [-0.15, -0.1) is 0 Å². The van der Waals surface area contributed by atoms with Crippen LogP contribution in [-0.4, -0.2) is 24.6 Å². The second-order valence-electron chi connectivity index (χ2n) is 5.23. The number of carbonyl (C=O) groups is 2. The molecule has 0 aliphatic carbocycles. The maximum atomic E-state index is 12.0. The highest BCUT2D eigenvalue weighted by atomic mass is 79.9. The Morgan fingerprint density at radius 3 is 2.33 bits per heavy atom. The number of rotatable bonds is 6. The standard InChI is InChI=1S/C18H18BrNO4/c1-12-3-7-15(8-4-12)20-18(22)13(2)24-17(21)11-23-16-9-5-14(19)6-10-16/h3-10,13H,11H2,1-2H3,(H,20,22)/t13-/m0/s1. The highest BCUT2D eigenvalue weighted by molar-refractivity contribution is 9.10. The number of hydrogen-bond acceptors (Lipinski definition) is 4. The second kappa shape index (κ2) is 8.49. The Bertz CT molecular complexity index is 698. The summed E-state index contributed by atoms with van der Waals surface area (Å²) >= 11 is 3.31. The van der Waals surface area contributed by atoms with Crippen molar-refractivity contribution in [1.82, 2.24) is 0 Å². The molecule has 0 saturated carbocycles. The molecule has 24 heavy (non-hydrogen) atoms. The molecule has 5 nitrogen and oxygen atoms in total. The molecular formula is C18H18BrNO4. The van der Waals surface area contributed by atoms with Crippen molar-refractivity contribution in [2.24, 2.45) is 0 Å². The highest BCUT2D eigenvalue weighted by Crippen LogP contribution is 2.16. The van der Waals surface area contributed by atoms with Crippen LogP contribution in [-0.2, 0) is 14.3 Å². The van der Waals surface area contributed by atoms with Crippen molar-refractivity contribution in [2.75, 3.05) is 11.9 Å². The minimum atomic E-state index is -0.910.